The van der Waals surface area contributed by atoms with Crippen LogP contribution in [0.5, 0.6) is 0 Å². The Morgan fingerprint density at radius 1 is 1.43 bits per heavy atom. The Morgan fingerprint density at radius 3 is 2.76 bits per heavy atom. The van der Waals surface area contributed by atoms with Crippen LogP contribution >= 0.6 is 11.8 Å². The molecular weight excluding hydrogens is 336 g/mol. The van der Waals surface area contributed by atoms with Gasteiger partial charge in [0.1, 0.15) is 11.2 Å². The van der Waals surface area contributed by atoms with Crippen LogP contribution < -0.4 is 11.3 Å². The van der Waals surface area contributed by atoms with E-state index in [0.717, 1.165) is 10.6 Å². The zero-order valence-corrected chi connectivity index (χ0v) is 13.7. The van der Waals surface area contributed by atoms with Crippen molar-refractivity contribution in [3.63, 3.8) is 0 Å². The molecule has 0 aromatic carbocycles. The van der Waals surface area contributed by atoms with Crippen molar-refractivity contribution in [3.8, 4) is 0 Å². The molecule has 2 heterocycles. The summed E-state index contributed by atoms with van der Waals surface area (Å²) in [6, 6.07) is 2.59. The summed E-state index contributed by atoms with van der Waals surface area (Å²) in [6.07, 6.45) is 2.35. The van der Waals surface area contributed by atoms with E-state index < -0.39 is 25.2 Å². The first-order valence-electron chi connectivity index (χ1n) is 5.98. The van der Waals surface area contributed by atoms with Crippen molar-refractivity contribution in [2.45, 2.75) is 10.3 Å². The number of sulfonamides is 1. The lowest BCUT2D eigenvalue weighted by molar-refractivity contribution is 0.405. The number of pyridine rings is 1. The molecular formula is C10H16N4O4S3. The lowest BCUT2D eigenvalue weighted by Crippen LogP contribution is -2.49. The summed E-state index contributed by atoms with van der Waals surface area (Å²) in [5.41, 5.74) is 2.27. The highest BCUT2D eigenvalue weighted by Crippen LogP contribution is 2.27. The Kier molecular flexibility index (Phi) is 4.78. The topological polar surface area (TPSA) is 122 Å². The highest BCUT2D eigenvalue weighted by atomic mass is 32.2. The molecule has 0 aliphatic carbocycles. The van der Waals surface area contributed by atoms with Gasteiger partial charge in [-0.15, -0.1) is 0 Å². The molecule has 1 aromatic rings. The fourth-order valence-electron chi connectivity index (χ4n) is 1.96. The van der Waals surface area contributed by atoms with Crippen molar-refractivity contribution in [2.75, 3.05) is 29.7 Å². The molecule has 1 unspecified atom stereocenters. The van der Waals surface area contributed by atoms with Gasteiger partial charge in [-0.3, -0.25) is 0 Å². The molecule has 0 bridgehead atoms. The van der Waals surface area contributed by atoms with E-state index in [1.165, 1.54) is 30.1 Å². The molecule has 0 spiro atoms. The quantitative estimate of drug-likeness (QED) is 0.548. The SMILES string of the molecule is CS(=O)(=O)C1CSCCN1S(=O)(=O)c1ccnc(NN)c1. The van der Waals surface area contributed by atoms with Crippen molar-refractivity contribution in [2.24, 2.45) is 5.84 Å². The van der Waals surface area contributed by atoms with E-state index in [4.69, 9.17) is 5.84 Å². The minimum atomic E-state index is -3.92. The molecule has 21 heavy (non-hydrogen) atoms. The van der Waals surface area contributed by atoms with Crippen molar-refractivity contribution >= 4 is 37.4 Å². The molecule has 11 heteroatoms. The lowest BCUT2D eigenvalue weighted by Gasteiger charge is -2.32. The largest absolute Gasteiger partial charge is 0.308 e. The van der Waals surface area contributed by atoms with E-state index in [9.17, 15) is 16.8 Å². The zero-order valence-electron chi connectivity index (χ0n) is 11.3. The van der Waals surface area contributed by atoms with Gasteiger partial charge >= 0.3 is 0 Å². The second-order valence-corrected chi connectivity index (χ2v) is 9.74. The number of sulfone groups is 1. The third-order valence-electron chi connectivity index (χ3n) is 3.02. The number of hydrazine groups is 1. The maximum Gasteiger partial charge on any atom is 0.244 e. The first kappa shape index (κ1) is 16.5. The molecule has 2 rings (SSSR count). The summed E-state index contributed by atoms with van der Waals surface area (Å²) >= 11 is 1.42. The fourth-order valence-corrected chi connectivity index (χ4v) is 7.15. The summed E-state index contributed by atoms with van der Waals surface area (Å²) in [5.74, 6) is 6.19. The van der Waals surface area contributed by atoms with Crippen LogP contribution in [0, 0.1) is 0 Å². The second kappa shape index (κ2) is 6.08. The Morgan fingerprint density at radius 2 is 2.14 bits per heavy atom. The first-order valence-corrected chi connectivity index (χ1v) is 10.5. The van der Waals surface area contributed by atoms with Crippen LogP contribution in [0.3, 0.4) is 0 Å². The van der Waals surface area contributed by atoms with E-state index in [2.05, 4.69) is 10.4 Å². The number of hydrogen-bond donors (Lipinski definition) is 2. The Hall–Kier alpha value is -0.880. The van der Waals surface area contributed by atoms with Gasteiger partial charge in [-0.1, -0.05) is 0 Å². The van der Waals surface area contributed by atoms with Crippen LogP contribution in [0.25, 0.3) is 0 Å². The second-order valence-electron chi connectivity index (χ2n) is 4.50. The van der Waals surface area contributed by atoms with Gasteiger partial charge in [0.2, 0.25) is 10.0 Å². The number of aromatic nitrogens is 1. The Bertz CT molecular complexity index is 720. The van der Waals surface area contributed by atoms with Crippen molar-refractivity contribution in [1.82, 2.24) is 9.29 Å². The fraction of sp³-hybridized carbons (Fsp3) is 0.500. The van der Waals surface area contributed by atoms with Crippen molar-refractivity contribution in [1.29, 1.82) is 0 Å². The minimum absolute atomic E-state index is 0.0361. The molecule has 1 saturated heterocycles. The van der Waals surface area contributed by atoms with E-state index in [1.54, 1.807) is 0 Å². The zero-order chi connectivity index (χ0) is 15.7. The lowest BCUT2D eigenvalue weighted by atomic mass is 10.5. The van der Waals surface area contributed by atoms with Gasteiger partial charge < -0.3 is 5.43 Å². The molecule has 118 valence electrons. The molecule has 0 amide bonds. The first-order chi connectivity index (χ1) is 9.76. The molecule has 8 nitrogen and oxygen atoms in total. The monoisotopic (exact) mass is 352 g/mol. The van der Waals surface area contributed by atoms with Gasteiger partial charge in [0.05, 0.1) is 4.90 Å². The molecule has 1 aliphatic heterocycles. The molecule has 1 atom stereocenters. The van der Waals surface area contributed by atoms with Crippen LogP contribution in [0.4, 0.5) is 5.82 Å². The standard InChI is InChI=1S/C10H16N4O4S3/c1-20(15,16)10-7-19-5-4-14(10)21(17,18)8-2-3-12-9(6-8)13-11/h2-3,6,10H,4-5,7,11H2,1H3,(H,12,13). The molecule has 3 N–H and O–H groups in total. The average molecular weight is 352 g/mol. The minimum Gasteiger partial charge on any atom is -0.308 e. The number of nitrogens with two attached hydrogens (primary N) is 1. The molecule has 1 aromatic heterocycles. The number of thioether (sulfide) groups is 1. The number of nitrogens with zero attached hydrogens (tertiary/aromatic N) is 2. The summed E-state index contributed by atoms with van der Waals surface area (Å²) in [7, 11) is -7.43. The summed E-state index contributed by atoms with van der Waals surface area (Å²) < 4.78 is 50.0. The average Bonchev–Trinajstić information content (AvgIpc) is 2.46. The molecule has 1 aliphatic rings. The smallest absolute Gasteiger partial charge is 0.244 e. The van der Waals surface area contributed by atoms with E-state index in [-0.39, 0.29) is 23.0 Å². The Labute approximate surface area is 128 Å². The summed E-state index contributed by atoms with van der Waals surface area (Å²) in [4.78, 5) is 3.81. The molecule has 0 saturated carbocycles. The van der Waals surface area contributed by atoms with Crippen LogP contribution in [0.2, 0.25) is 0 Å². The maximum absolute atomic E-state index is 12.7. The molecule has 0 radical (unpaired) electrons. The van der Waals surface area contributed by atoms with E-state index in [1.807, 2.05) is 0 Å². The van der Waals surface area contributed by atoms with E-state index in [0.29, 0.717) is 5.75 Å². The van der Waals surface area contributed by atoms with Crippen LogP contribution in [-0.4, -0.2) is 55.8 Å². The third-order valence-corrected chi connectivity index (χ3v) is 7.70. The third kappa shape index (κ3) is 3.48. The molecule has 1 fully saturated rings. The summed E-state index contributed by atoms with van der Waals surface area (Å²) in [5, 5.41) is -1.05. The van der Waals surface area contributed by atoms with Gasteiger partial charge in [-0.05, 0) is 6.07 Å². The van der Waals surface area contributed by atoms with Crippen molar-refractivity contribution in [3.05, 3.63) is 18.3 Å². The number of hydrogen-bond acceptors (Lipinski definition) is 8. The summed E-state index contributed by atoms with van der Waals surface area (Å²) in [6.45, 7) is 0.151. The van der Waals surface area contributed by atoms with Crippen LogP contribution in [0.15, 0.2) is 23.2 Å². The number of rotatable bonds is 4. The van der Waals surface area contributed by atoms with Gasteiger partial charge in [-0.25, -0.2) is 27.7 Å². The van der Waals surface area contributed by atoms with Gasteiger partial charge in [0.25, 0.3) is 0 Å². The van der Waals surface area contributed by atoms with E-state index >= 15 is 0 Å². The van der Waals surface area contributed by atoms with Crippen molar-refractivity contribution < 1.29 is 16.8 Å². The van der Waals surface area contributed by atoms with Gasteiger partial charge in [0.15, 0.2) is 9.84 Å². The maximum atomic E-state index is 12.7. The van der Waals surface area contributed by atoms with Crippen LogP contribution in [-0.2, 0) is 19.9 Å². The predicted octanol–water partition coefficient (Wildman–Crippen LogP) is -0.525. The number of nitrogen functional groups attached to an aromatic ring is 1. The van der Waals surface area contributed by atoms with Gasteiger partial charge in [-0.2, -0.15) is 16.1 Å². The Balaban J connectivity index is 2.45. The van der Waals surface area contributed by atoms with Crippen LogP contribution in [0.1, 0.15) is 0 Å². The van der Waals surface area contributed by atoms with Gasteiger partial charge in [0, 0.05) is 36.6 Å². The predicted molar refractivity (Wildman–Crippen MR) is 81.9 cm³/mol. The highest BCUT2D eigenvalue weighted by Gasteiger charge is 2.39. The normalized spacial score (nSPS) is 21.1. The number of nitrogens with one attached hydrogen (secondary N) is 1. The number of anilines is 1. The highest BCUT2D eigenvalue weighted by molar-refractivity contribution is 8.01.